The number of carbonyl (C=O) groups excluding carboxylic acids is 4. The first-order chi connectivity index (χ1) is 36.7. The second kappa shape index (κ2) is 30.3. The molecule has 2 aliphatic rings. The molecule has 2 aliphatic heterocycles. The van der Waals surface area contributed by atoms with Crippen LogP contribution >= 0.6 is 0 Å². The predicted octanol–water partition coefficient (Wildman–Crippen LogP) is -1.68. The van der Waals surface area contributed by atoms with Gasteiger partial charge in [-0.15, -0.1) is 0 Å². The fourth-order valence-corrected chi connectivity index (χ4v) is 8.30. The second-order valence-electron chi connectivity index (χ2n) is 18.2. The molecule has 25 heteroatoms. The fourth-order valence-electron chi connectivity index (χ4n) is 8.30. The molecule has 25 nitrogen and oxygen atoms in total. The summed E-state index contributed by atoms with van der Waals surface area (Å²) in [7, 11) is 0. The Morgan fingerprint density at radius 1 is 0.526 bits per heavy atom. The van der Waals surface area contributed by atoms with Crippen molar-refractivity contribution in [2.75, 3.05) is 65.6 Å². The first-order valence-electron chi connectivity index (χ1n) is 25.3. The molecule has 0 aliphatic carbocycles. The summed E-state index contributed by atoms with van der Waals surface area (Å²) >= 11 is 0. The molecule has 6 amide bonds. The zero-order valence-electron chi connectivity index (χ0n) is 41.9. The van der Waals surface area contributed by atoms with Crippen LogP contribution in [-0.2, 0) is 19.1 Å². The lowest BCUT2D eigenvalue weighted by molar-refractivity contribution is -0.233. The third-order valence-electron chi connectivity index (χ3n) is 12.6. The van der Waals surface area contributed by atoms with E-state index in [0.717, 1.165) is 65.3 Å². The van der Waals surface area contributed by atoms with Crippen molar-refractivity contribution in [2.24, 2.45) is 0 Å². The number of carbonyl (C=O) groups is 4. The number of aliphatic hydroxyl groups excluding tert-OH is 8. The van der Waals surface area contributed by atoms with Crippen LogP contribution in [0.1, 0.15) is 38.5 Å². The Hall–Kier alpha value is -6.49. The summed E-state index contributed by atoms with van der Waals surface area (Å²) in [6.07, 6.45) is -8.12. The van der Waals surface area contributed by atoms with Gasteiger partial charge in [-0.05, 0) is 79.0 Å². The lowest BCUT2D eigenvalue weighted by Crippen LogP contribution is -2.64. The van der Waals surface area contributed by atoms with Crippen molar-refractivity contribution < 1.29 is 74.2 Å². The zero-order chi connectivity index (χ0) is 54.4. The Morgan fingerprint density at radius 3 is 1.46 bits per heavy atom. The summed E-state index contributed by atoms with van der Waals surface area (Å²) in [5, 5.41) is 94.0. The first kappa shape index (κ1) is 58.8. The summed E-state index contributed by atoms with van der Waals surface area (Å²) in [4.78, 5) is 66.4. The van der Waals surface area contributed by atoms with Gasteiger partial charge in [0, 0.05) is 64.5 Å². The van der Waals surface area contributed by atoms with Gasteiger partial charge in [0.25, 0.3) is 0 Å². The molecular weight excluding hydrogens is 993 g/mol. The van der Waals surface area contributed by atoms with Gasteiger partial charge in [0.05, 0.1) is 42.6 Å². The zero-order valence-corrected chi connectivity index (χ0v) is 41.9. The van der Waals surface area contributed by atoms with Crippen LogP contribution in [0.4, 0.5) is 9.59 Å². The van der Waals surface area contributed by atoms with Gasteiger partial charge >= 0.3 is 12.1 Å². The molecule has 14 N–H and O–H groups in total. The Bertz CT molecular complexity index is 2280. The number of pyridine rings is 3. The van der Waals surface area contributed by atoms with Gasteiger partial charge in [0.1, 0.15) is 54.6 Å². The van der Waals surface area contributed by atoms with Gasteiger partial charge in [-0.3, -0.25) is 19.6 Å². The normalized spacial score (nSPS) is 23.3. The molecule has 0 unspecified atom stereocenters. The number of aromatic nitrogens is 3. The van der Waals surface area contributed by atoms with Crippen LogP contribution in [0.5, 0.6) is 5.75 Å². The Balaban J connectivity index is 0.924. The Morgan fingerprint density at radius 2 is 1.00 bits per heavy atom. The van der Waals surface area contributed by atoms with Crippen molar-refractivity contribution in [2.45, 2.75) is 99.8 Å². The number of aliphatic hydroxyl groups is 8. The van der Waals surface area contributed by atoms with E-state index >= 15 is 0 Å². The lowest BCUT2D eigenvalue weighted by Gasteiger charge is -2.40. The first-order valence-corrected chi connectivity index (χ1v) is 25.3. The number of urea groups is 2. The molecule has 5 heterocycles. The highest BCUT2D eigenvalue weighted by molar-refractivity contribution is 5.78. The molecule has 414 valence electrons. The predicted molar refractivity (Wildman–Crippen MR) is 272 cm³/mol. The standard InChI is InChI=1S/C51H70N10O15/c62-29-38-42(66)44(68)46(70)48(75-38)59-50(72)56-21-19-54-40(64)15-24-61(25-16-41(65)55-20-22-57-51(73)60-49-47(71)45(69)43(67)39(30-63)76-49)23-7-1-2-8-26-74-33-13-11-31(12-14-33)32-27-36(34-9-3-5-17-52-34)58-37(28-32)35-10-4-6-18-53-35/h3-6,9-14,17-18,27-28,38-39,42-49,62-63,66-71H,1-2,7-8,15-16,19-26,29-30H2,(H,54,64)(H,55,65)(H2,56,59,72)(H2,57,60,73)/t38-,39-,42-,43-,44+,45+,46-,47-,48-,49-/m0/s1. The largest absolute Gasteiger partial charge is 0.494 e. The van der Waals surface area contributed by atoms with Gasteiger partial charge in [-0.1, -0.05) is 37.1 Å². The minimum Gasteiger partial charge on any atom is -0.494 e. The monoisotopic (exact) mass is 1060 g/mol. The minimum atomic E-state index is -1.66. The molecule has 4 aromatic rings. The highest BCUT2D eigenvalue weighted by Crippen LogP contribution is 2.30. The smallest absolute Gasteiger partial charge is 0.316 e. The van der Waals surface area contributed by atoms with Crippen LogP contribution in [0.15, 0.2) is 85.2 Å². The fraction of sp³-hybridized carbons (Fsp3) is 0.510. The number of benzene rings is 1. The number of nitrogens with one attached hydrogen (secondary N) is 6. The van der Waals surface area contributed by atoms with E-state index in [1.165, 1.54) is 0 Å². The third-order valence-corrected chi connectivity index (χ3v) is 12.6. The van der Waals surface area contributed by atoms with E-state index in [2.05, 4.69) is 41.9 Å². The summed E-state index contributed by atoms with van der Waals surface area (Å²) in [6.45, 7) is 0.491. The molecule has 6 rings (SSSR count). The van der Waals surface area contributed by atoms with Gasteiger partial charge in [0.2, 0.25) is 11.8 Å². The SMILES string of the molecule is O=C(CCN(CCCCCCOc1ccc(-c2cc(-c3ccccn3)nc(-c3ccccn3)c2)cc1)CCC(=O)NCCNC(=O)N[C@H]1O[C@@H](CO)[C@H](O)[C@@H](O)[C@@H]1O)NCCNC(=O)N[C@H]1O[C@@H](CO)[C@H](O)[C@@H](O)[C@@H]1O. The molecule has 0 bridgehead atoms. The molecule has 10 atom stereocenters. The average molecular weight is 1060 g/mol. The summed E-state index contributed by atoms with van der Waals surface area (Å²) < 4.78 is 16.6. The number of rotatable bonds is 27. The molecule has 0 spiro atoms. The molecule has 0 radical (unpaired) electrons. The van der Waals surface area contributed by atoms with Gasteiger partial charge in [-0.25, -0.2) is 14.6 Å². The maximum Gasteiger partial charge on any atom is 0.316 e. The number of hydrogen-bond acceptors (Lipinski definition) is 19. The van der Waals surface area contributed by atoms with Crippen LogP contribution in [0.2, 0.25) is 0 Å². The maximum absolute atomic E-state index is 12.9. The summed E-state index contributed by atoms with van der Waals surface area (Å²) in [5.74, 6) is 0.107. The van der Waals surface area contributed by atoms with Gasteiger partial charge < -0.3 is 91.9 Å². The molecular formula is C51H70N10O15. The summed E-state index contributed by atoms with van der Waals surface area (Å²) in [5.41, 5.74) is 4.90. The van der Waals surface area contributed by atoms with Crippen LogP contribution in [-0.4, -0.2) is 212 Å². The number of hydrogen-bond donors (Lipinski definition) is 14. The van der Waals surface area contributed by atoms with Crippen molar-refractivity contribution in [1.82, 2.24) is 51.8 Å². The Labute approximate surface area is 439 Å². The third kappa shape index (κ3) is 17.8. The molecule has 3 aromatic heterocycles. The summed E-state index contributed by atoms with van der Waals surface area (Å²) in [6, 6.07) is 21.7. The van der Waals surface area contributed by atoms with E-state index in [-0.39, 0.29) is 50.8 Å². The molecule has 0 saturated carbocycles. The molecule has 76 heavy (non-hydrogen) atoms. The van der Waals surface area contributed by atoms with Gasteiger partial charge in [-0.2, -0.15) is 0 Å². The van der Waals surface area contributed by atoms with E-state index in [4.69, 9.17) is 19.2 Å². The highest BCUT2D eigenvalue weighted by atomic mass is 16.6. The van der Waals surface area contributed by atoms with Crippen LogP contribution in [0.25, 0.3) is 33.9 Å². The average Bonchev–Trinajstić information content (AvgIpc) is 3.44. The van der Waals surface area contributed by atoms with E-state index < -0.39 is 86.6 Å². The van der Waals surface area contributed by atoms with Crippen LogP contribution < -0.4 is 36.6 Å². The number of unbranched alkanes of at least 4 members (excludes halogenated alkanes) is 3. The van der Waals surface area contributed by atoms with E-state index in [1.54, 1.807) is 12.4 Å². The lowest BCUT2D eigenvalue weighted by atomic mass is 9.98. The van der Waals surface area contributed by atoms with Crippen LogP contribution in [0, 0.1) is 0 Å². The highest BCUT2D eigenvalue weighted by Gasteiger charge is 2.45. The molecule has 2 fully saturated rings. The van der Waals surface area contributed by atoms with Crippen molar-refractivity contribution in [1.29, 1.82) is 0 Å². The van der Waals surface area contributed by atoms with E-state index in [9.17, 15) is 60.0 Å². The topological polar surface area (TPSA) is 372 Å². The van der Waals surface area contributed by atoms with Crippen LogP contribution in [0.3, 0.4) is 0 Å². The quantitative estimate of drug-likeness (QED) is 0.0297. The van der Waals surface area contributed by atoms with E-state index in [1.807, 2.05) is 77.7 Å². The minimum absolute atomic E-state index is 0.00806. The van der Waals surface area contributed by atoms with Crippen molar-refractivity contribution in [3.63, 3.8) is 0 Å². The van der Waals surface area contributed by atoms with Crippen molar-refractivity contribution in [3.8, 4) is 39.7 Å². The number of ether oxygens (including phenoxy) is 3. The maximum atomic E-state index is 12.9. The van der Waals surface area contributed by atoms with Crippen molar-refractivity contribution >= 4 is 23.9 Å². The second-order valence-corrected chi connectivity index (χ2v) is 18.2. The molecule has 1 aromatic carbocycles. The number of amides is 6. The van der Waals surface area contributed by atoms with Crippen molar-refractivity contribution in [3.05, 3.63) is 85.2 Å². The number of nitrogens with zero attached hydrogens (tertiary/aromatic N) is 4. The van der Waals surface area contributed by atoms with E-state index in [0.29, 0.717) is 26.2 Å². The Kier molecular flexibility index (Phi) is 23.4. The van der Waals surface area contributed by atoms with Gasteiger partial charge in [0.15, 0.2) is 12.5 Å². The molecule has 2 saturated heterocycles.